The van der Waals surface area contributed by atoms with Crippen LogP contribution in [0.3, 0.4) is 0 Å². The minimum Gasteiger partial charge on any atom is -0.326 e. The van der Waals surface area contributed by atoms with Gasteiger partial charge < -0.3 is 5.32 Å². The van der Waals surface area contributed by atoms with Crippen molar-refractivity contribution in [1.29, 1.82) is 0 Å². The number of amides is 1. The molecule has 4 rings (SSSR count). The van der Waals surface area contributed by atoms with Crippen LogP contribution in [-0.2, 0) is 4.79 Å². The molecule has 0 spiro atoms. The molecule has 4 aromatic rings. The van der Waals surface area contributed by atoms with Gasteiger partial charge in [-0.05, 0) is 46.8 Å². The van der Waals surface area contributed by atoms with Crippen LogP contribution in [0.25, 0.3) is 33.2 Å². The summed E-state index contributed by atoms with van der Waals surface area (Å²) in [5.74, 6) is -0.102. The molecule has 1 N–H and O–H groups in total. The summed E-state index contributed by atoms with van der Waals surface area (Å²) in [4.78, 5) is 16.0. The van der Waals surface area contributed by atoms with E-state index in [0.29, 0.717) is 10.0 Å². The Hall–Kier alpha value is -2.88. The highest BCUT2D eigenvalue weighted by molar-refractivity contribution is 6.39. The maximum atomic E-state index is 11.4. The smallest absolute Gasteiger partial charge is 0.221 e. The summed E-state index contributed by atoms with van der Waals surface area (Å²) in [6, 6.07) is 21.2. The molecule has 0 radical (unpaired) electrons. The van der Waals surface area contributed by atoms with Gasteiger partial charge in [0.15, 0.2) is 0 Å². The summed E-state index contributed by atoms with van der Waals surface area (Å²) in [6.07, 6.45) is 1.76. The first kappa shape index (κ1) is 18.5. The van der Waals surface area contributed by atoms with Crippen LogP contribution in [0.15, 0.2) is 72.9 Å². The molecule has 1 amide bonds. The second-order valence-corrected chi connectivity index (χ2v) is 7.23. The van der Waals surface area contributed by atoms with Gasteiger partial charge in [0, 0.05) is 29.8 Å². The molecule has 0 unspecified atom stereocenters. The average molecular weight is 407 g/mol. The molecular weight excluding hydrogens is 391 g/mol. The largest absolute Gasteiger partial charge is 0.326 e. The van der Waals surface area contributed by atoms with Crippen molar-refractivity contribution in [3.8, 4) is 22.4 Å². The van der Waals surface area contributed by atoms with Crippen molar-refractivity contribution >= 4 is 45.6 Å². The van der Waals surface area contributed by atoms with Crippen LogP contribution in [0.5, 0.6) is 0 Å². The number of carbonyl (C=O) groups is 1. The number of hydrogen-bond donors (Lipinski definition) is 1. The maximum Gasteiger partial charge on any atom is 0.221 e. The summed E-state index contributed by atoms with van der Waals surface area (Å²) >= 11 is 12.9. The van der Waals surface area contributed by atoms with Crippen LogP contribution in [0, 0.1) is 0 Å². The average Bonchev–Trinajstić information content (AvgIpc) is 2.67. The second-order valence-electron chi connectivity index (χ2n) is 6.42. The Morgan fingerprint density at radius 2 is 1.61 bits per heavy atom. The Balaban J connectivity index is 1.93. The van der Waals surface area contributed by atoms with E-state index in [-0.39, 0.29) is 5.91 Å². The van der Waals surface area contributed by atoms with E-state index >= 15 is 0 Å². The zero-order valence-electron chi connectivity index (χ0n) is 15.0. The number of aromatic nitrogens is 1. The molecular formula is C23H16Cl2N2O. The van der Waals surface area contributed by atoms with Gasteiger partial charge in [0.25, 0.3) is 0 Å². The van der Waals surface area contributed by atoms with E-state index in [4.69, 9.17) is 23.2 Å². The molecule has 0 atom stereocenters. The number of nitrogens with zero attached hydrogens (tertiary/aromatic N) is 1. The number of pyridine rings is 1. The van der Waals surface area contributed by atoms with E-state index in [9.17, 15) is 4.79 Å². The zero-order chi connectivity index (χ0) is 19.7. The second kappa shape index (κ2) is 7.63. The van der Waals surface area contributed by atoms with Gasteiger partial charge in [-0.2, -0.15) is 0 Å². The third-order valence-corrected chi connectivity index (χ3v) is 5.13. The van der Waals surface area contributed by atoms with Crippen molar-refractivity contribution < 1.29 is 4.79 Å². The fraction of sp³-hybridized carbons (Fsp3) is 0.0435. The molecule has 5 heteroatoms. The van der Waals surface area contributed by atoms with E-state index < -0.39 is 0 Å². The van der Waals surface area contributed by atoms with E-state index in [2.05, 4.69) is 10.3 Å². The van der Waals surface area contributed by atoms with Gasteiger partial charge in [-0.3, -0.25) is 9.78 Å². The molecule has 28 heavy (non-hydrogen) atoms. The number of rotatable bonds is 3. The Bertz CT molecular complexity index is 1180. The minimum absolute atomic E-state index is 0.102. The zero-order valence-corrected chi connectivity index (χ0v) is 16.6. The fourth-order valence-corrected chi connectivity index (χ4v) is 3.93. The van der Waals surface area contributed by atoms with Crippen molar-refractivity contribution in [2.45, 2.75) is 6.92 Å². The summed E-state index contributed by atoms with van der Waals surface area (Å²) in [6.45, 7) is 1.50. The number of hydrogen-bond acceptors (Lipinski definition) is 2. The Kier molecular flexibility index (Phi) is 5.03. The van der Waals surface area contributed by atoms with Crippen molar-refractivity contribution in [2.24, 2.45) is 0 Å². The van der Waals surface area contributed by atoms with E-state index in [1.54, 1.807) is 6.20 Å². The minimum atomic E-state index is -0.102. The van der Waals surface area contributed by atoms with Gasteiger partial charge >= 0.3 is 0 Å². The highest BCUT2D eigenvalue weighted by atomic mass is 35.5. The van der Waals surface area contributed by atoms with Crippen molar-refractivity contribution in [3.05, 3.63) is 83.0 Å². The highest BCUT2D eigenvalue weighted by Gasteiger charge is 2.15. The molecule has 0 saturated carbocycles. The van der Waals surface area contributed by atoms with Crippen LogP contribution >= 0.6 is 23.2 Å². The van der Waals surface area contributed by atoms with E-state index in [1.807, 2.05) is 66.7 Å². The number of benzene rings is 3. The Morgan fingerprint density at radius 1 is 0.893 bits per heavy atom. The third kappa shape index (κ3) is 3.47. The van der Waals surface area contributed by atoms with Crippen LogP contribution in [-0.4, -0.2) is 10.9 Å². The SMILES string of the molecule is CC(=O)Nc1cccc(-c2cccc3c(-c4c(Cl)cccc4Cl)nccc23)c1. The molecule has 0 aliphatic rings. The summed E-state index contributed by atoms with van der Waals surface area (Å²) < 4.78 is 0. The lowest BCUT2D eigenvalue weighted by Gasteiger charge is -2.13. The van der Waals surface area contributed by atoms with Gasteiger partial charge in [0.2, 0.25) is 5.91 Å². The first-order valence-corrected chi connectivity index (χ1v) is 9.50. The van der Waals surface area contributed by atoms with Crippen molar-refractivity contribution in [3.63, 3.8) is 0 Å². The molecule has 1 aromatic heterocycles. The van der Waals surface area contributed by atoms with Gasteiger partial charge in [0.05, 0.1) is 15.7 Å². The first-order chi connectivity index (χ1) is 13.5. The molecule has 0 aliphatic heterocycles. The molecule has 3 aromatic carbocycles. The summed E-state index contributed by atoms with van der Waals surface area (Å²) in [5.41, 5.74) is 4.26. The van der Waals surface area contributed by atoms with Gasteiger partial charge in [0.1, 0.15) is 0 Å². The van der Waals surface area contributed by atoms with Gasteiger partial charge in [-0.1, -0.05) is 59.6 Å². The van der Waals surface area contributed by atoms with Crippen LogP contribution < -0.4 is 5.32 Å². The lowest BCUT2D eigenvalue weighted by Crippen LogP contribution is -2.05. The fourth-order valence-electron chi connectivity index (χ4n) is 3.35. The Morgan fingerprint density at radius 3 is 2.36 bits per heavy atom. The Labute approximate surface area is 172 Å². The number of anilines is 1. The maximum absolute atomic E-state index is 11.4. The molecule has 138 valence electrons. The van der Waals surface area contributed by atoms with Crippen molar-refractivity contribution in [1.82, 2.24) is 4.98 Å². The molecule has 0 bridgehead atoms. The molecule has 0 aliphatic carbocycles. The van der Waals surface area contributed by atoms with Gasteiger partial charge in [-0.25, -0.2) is 0 Å². The first-order valence-electron chi connectivity index (χ1n) is 8.75. The topological polar surface area (TPSA) is 42.0 Å². The molecule has 0 fully saturated rings. The lowest BCUT2D eigenvalue weighted by molar-refractivity contribution is -0.114. The number of fused-ring (bicyclic) bond motifs is 1. The van der Waals surface area contributed by atoms with E-state index in [0.717, 1.165) is 38.8 Å². The quantitative estimate of drug-likeness (QED) is 0.404. The van der Waals surface area contributed by atoms with Crippen LogP contribution in [0.2, 0.25) is 10.0 Å². The molecule has 0 saturated heterocycles. The van der Waals surface area contributed by atoms with Crippen LogP contribution in [0.1, 0.15) is 6.92 Å². The monoisotopic (exact) mass is 406 g/mol. The normalized spacial score (nSPS) is 10.8. The predicted molar refractivity (Wildman–Crippen MR) is 117 cm³/mol. The number of halogens is 2. The summed E-state index contributed by atoms with van der Waals surface area (Å²) in [7, 11) is 0. The summed E-state index contributed by atoms with van der Waals surface area (Å²) in [5, 5.41) is 5.94. The number of carbonyl (C=O) groups excluding carboxylic acids is 1. The van der Waals surface area contributed by atoms with E-state index in [1.165, 1.54) is 6.92 Å². The number of nitrogens with one attached hydrogen (secondary N) is 1. The van der Waals surface area contributed by atoms with Crippen LogP contribution in [0.4, 0.5) is 5.69 Å². The molecule has 1 heterocycles. The lowest BCUT2D eigenvalue weighted by atomic mass is 9.96. The van der Waals surface area contributed by atoms with Gasteiger partial charge in [-0.15, -0.1) is 0 Å². The third-order valence-electron chi connectivity index (χ3n) is 4.50. The standard InChI is InChI=1S/C23H16Cl2N2O/c1-14(28)27-16-6-2-5-15(13-16)17-7-3-8-19-18(17)11-12-26-23(19)22-20(24)9-4-10-21(22)25/h2-13H,1H3,(H,27,28). The highest BCUT2D eigenvalue weighted by Crippen LogP contribution is 2.39. The molecule has 3 nitrogen and oxygen atoms in total. The predicted octanol–water partition coefficient (Wildman–Crippen LogP) is 6.83. The van der Waals surface area contributed by atoms with Crippen molar-refractivity contribution in [2.75, 3.05) is 5.32 Å².